The van der Waals surface area contributed by atoms with Gasteiger partial charge in [0, 0.05) is 17.1 Å². The second-order valence-corrected chi connectivity index (χ2v) is 3.29. The summed E-state index contributed by atoms with van der Waals surface area (Å²) in [7, 11) is 0. The van der Waals surface area contributed by atoms with Crippen LogP contribution in [0.1, 0.15) is 28.8 Å². The molecule has 0 atom stereocenters. The Balaban J connectivity index is 3.46. The van der Waals surface area contributed by atoms with Crippen molar-refractivity contribution in [3.63, 3.8) is 0 Å². The van der Waals surface area contributed by atoms with E-state index in [0.29, 0.717) is 5.56 Å². The minimum Gasteiger partial charge on any atom is -0.392 e. The van der Waals surface area contributed by atoms with Gasteiger partial charge in [-0.15, -0.1) is 0 Å². The van der Waals surface area contributed by atoms with Gasteiger partial charge in [-0.3, -0.25) is 0 Å². The van der Waals surface area contributed by atoms with Crippen LogP contribution in [-0.4, -0.2) is 10.1 Å². The minimum atomic E-state index is -2.77. The van der Waals surface area contributed by atoms with Gasteiger partial charge in [0.15, 0.2) is 0 Å². The standard InChI is InChI=1S/C9H7BrF2N2O/c10-1-6-5(4-15)3-14-7(2-13)8(6)9(11)12/h3,9,15H,1,4H2. The summed E-state index contributed by atoms with van der Waals surface area (Å²) in [5.41, 5.74) is -0.155. The summed E-state index contributed by atoms with van der Waals surface area (Å²) < 4.78 is 25.4. The first-order valence-corrected chi connectivity index (χ1v) is 5.13. The zero-order valence-electron chi connectivity index (χ0n) is 7.54. The Kier molecular flexibility index (Phi) is 4.12. The SMILES string of the molecule is N#Cc1ncc(CO)c(CBr)c1C(F)F. The molecule has 0 fully saturated rings. The summed E-state index contributed by atoms with van der Waals surface area (Å²) in [6.45, 7) is -0.376. The van der Waals surface area contributed by atoms with Crippen LogP contribution >= 0.6 is 15.9 Å². The van der Waals surface area contributed by atoms with Crippen molar-refractivity contribution < 1.29 is 13.9 Å². The van der Waals surface area contributed by atoms with Crippen LogP contribution in [0.4, 0.5) is 8.78 Å². The molecule has 1 aromatic heterocycles. The fraction of sp³-hybridized carbons (Fsp3) is 0.333. The van der Waals surface area contributed by atoms with Crippen LogP contribution in [0.2, 0.25) is 0 Å². The third-order valence-electron chi connectivity index (χ3n) is 1.95. The highest BCUT2D eigenvalue weighted by atomic mass is 79.9. The molecule has 0 aliphatic carbocycles. The third-order valence-corrected chi connectivity index (χ3v) is 2.51. The van der Waals surface area contributed by atoms with Crippen molar-refractivity contribution in [3.8, 4) is 6.07 Å². The van der Waals surface area contributed by atoms with Crippen LogP contribution in [0, 0.1) is 11.3 Å². The zero-order valence-corrected chi connectivity index (χ0v) is 9.13. The van der Waals surface area contributed by atoms with Crippen molar-refractivity contribution in [1.82, 2.24) is 4.98 Å². The van der Waals surface area contributed by atoms with E-state index >= 15 is 0 Å². The molecule has 80 valence electrons. The van der Waals surface area contributed by atoms with Gasteiger partial charge >= 0.3 is 0 Å². The molecule has 0 aliphatic heterocycles. The lowest BCUT2D eigenvalue weighted by atomic mass is 10.0. The number of nitriles is 1. The van der Waals surface area contributed by atoms with E-state index in [2.05, 4.69) is 20.9 Å². The predicted octanol–water partition coefficient (Wildman–Crippen LogP) is 2.28. The first kappa shape index (κ1) is 12.0. The normalized spacial score (nSPS) is 10.4. The second-order valence-electron chi connectivity index (χ2n) is 2.73. The first-order valence-electron chi connectivity index (χ1n) is 4.01. The summed E-state index contributed by atoms with van der Waals surface area (Å²) in [5.74, 6) is 0. The lowest BCUT2D eigenvalue weighted by Crippen LogP contribution is -2.04. The number of rotatable bonds is 3. The summed E-state index contributed by atoms with van der Waals surface area (Å²) >= 11 is 3.05. The van der Waals surface area contributed by atoms with E-state index in [0.717, 1.165) is 0 Å². The number of aliphatic hydroxyl groups is 1. The molecule has 0 aromatic carbocycles. The van der Waals surface area contributed by atoms with E-state index < -0.39 is 12.0 Å². The molecule has 15 heavy (non-hydrogen) atoms. The average molecular weight is 277 g/mol. The van der Waals surface area contributed by atoms with Crippen molar-refractivity contribution in [2.24, 2.45) is 0 Å². The van der Waals surface area contributed by atoms with Crippen molar-refractivity contribution in [3.05, 3.63) is 28.6 Å². The Morgan fingerprint density at radius 1 is 1.60 bits per heavy atom. The number of hydrogen-bond donors (Lipinski definition) is 1. The molecule has 0 saturated heterocycles. The van der Waals surface area contributed by atoms with Gasteiger partial charge in [0.2, 0.25) is 0 Å². The molecule has 1 N–H and O–H groups in total. The van der Waals surface area contributed by atoms with Crippen molar-refractivity contribution >= 4 is 15.9 Å². The van der Waals surface area contributed by atoms with Crippen molar-refractivity contribution in [1.29, 1.82) is 5.26 Å². The molecule has 0 unspecified atom stereocenters. The van der Waals surface area contributed by atoms with Crippen LogP contribution in [0.25, 0.3) is 0 Å². The molecule has 1 rings (SSSR count). The van der Waals surface area contributed by atoms with E-state index in [9.17, 15) is 8.78 Å². The molecular weight excluding hydrogens is 270 g/mol. The van der Waals surface area contributed by atoms with E-state index in [-0.39, 0.29) is 23.2 Å². The number of nitrogens with zero attached hydrogens (tertiary/aromatic N) is 2. The number of pyridine rings is 1. The minimum absolute atomic E-state index is 0.153. The molecule has 0 spiro atoms. The summed E-state index contributed by atoms with van der Waals surface area (Å²) in [4.78, 5) is 3.58. The fourth-order valence-electron chi connectivity index (χ4n) is 1.22. The molecule has 0 radical (unpaired) electrons. The number of aromatic nitrogens is 1. The number of halogens is 3. The van der Waals surface area contributed by atoms with E-state index in [1.54, 1.807) is 6.07 Å². The van der Waals surface area contributed by atoms with Gasteiger partial charge in [-0.2, -0.15) is 5.26 Å². The molecule has 0 saturated carbocycles. The molecular formula is C9H7BrF2N2O. The maximum Gasteiger partial charge on any atom is 0.266 e. The van der Waals surface area contributed by atoms with Crippen LogP contribution in [-0.2, 0) is 11.9 Å². The van der Waals surface area contributed by atoms with E-state index in [1.165, 1.54) is 6.20 Å². The van der Waals surface area contributed by atoms with Gasteiger partial charge in [0.05, 0.1) is 12.2 Å². The lowest BCUT2D eigenvalue weighted by Gasteiger charge is -2.11. The highest BCUT2D eigenvalue weighted by molar-refractivity contribution is 9.08. The van der Waals surface area contributed by atoms with Crippen molar-refractivity contribution in [2.45, 2.75) is 18.4 Å². The maximum absolute atomic E-state index is 12.7. The molecule has 3 nitrogen and oxygen atoms in total. The average Bonchev–Trinajstić information content (AvgIpc) is 2.26. The van der Waals surface area contributed by atoms with Gasteiger partial charge in [-0.25, -0.2) is 13.8 Å². The van der Waals surface area contributed by atoms with E-state index in [1.807, 2.05) is 0 Å². The number of aliphatic hydroxyl groups excluding tert-OH is 1. The number of hydrogen-bond acceptors (Lipinski definition) is 3. The van der Waals surface area contributed by atoms with Gasteiger partial charge in [0.1, 0.15) is 11.8 Å². The molecule has 6 heteroatoms. The van der Waals surface area contributed by atoms with Gasteiger partial charge < -0.3 is 5.11 Å². The Morgan fingerprint density at radius 3 is 2.67 bits per heavy atom. The lowest BCUT2D eigenvalue weighted by molar-refractivity contribution is 0.149. The quantitative estimate of drug-likeness (QED) is 0.862. The maximum atomic E-state index is 12.7. The highest BCUT2D eigenvalue weighted by Gasteiger charge is 2.21. The third kappa shape index (κ3) is 2.30. The van der Waals surface area contributed by atoms with E-state index in [4.69, 9.17) is 10.4 Å². The van der Waals surface area contributed by atoms with Crippen LogP contribution in [0.15, 0.2) is 6.20 Å². The highest BCUT2D eigenvalue weighted by Crippen LogP contribution is 2.29. The van der Waals surface area contributed by atoms with Crippen LogP contribution in [0.5, 0.6) is 0 Å². The molecule has 1 aromatic rings. The molecule has 0 amide bonds. The summed E-state index contributed by atoms with van der Waals surface area (Å²) in [5, 5.41) is 17.7. The topological polar surface area (TPSA) is 56.9 Å². The first-order chi connectivity index (χ1) is 7.15. The Morgan fingerprint density at radius 2 is 2.27 bits per heavy atom. The smallest absolute Gasteiger partial charge is 0.266 e. The van der Waals surface area contributed by atoms with Gasteiger partial charge in [-0.05, 0) is 5.56 Å². The monoisotopic (exact) mass is 276 g/mol. The van der Waals surface area contributed by atoms with Gasteiger partial charge in [-0.1, -0.05) is 15.9 Å². The summed E-state index contributed by atoms with van der Waals surface area (Å²) in [6, 6.07) is 1.61. The fourth-order valence-corrected chi connectivity index (χ4v) is 1.89. The zero-order chi connectivity index (χ0) is 11.4. The predicted molar refractivity (Wildman–Crippen MR) is 52.5 cm³/mol. The number of alkyl halides is 3. The van der Waals surface area contributed by atoms with Crippen molar-refractivity contribution in [2.75, 3.05) is 0 Å². The van der Waals surface area contributed by atoms with Gasteiger partial charge in [0.25, 0.3) is 6.43 Å². The molecule has 1 heterocycles. The van der Waals surface area contributed by atoms with Crippen LogP contribution in [0.3, 0.4) is 0 Å². The Bertz CT molecular complexity index is 404. The Hall–Kier alpha value is -1.06. The molecule has 0 aliphatic rings. The van der Waals surface area contributed by atoms with Crippen LogP contribution < -0.4 is 0 Å². The Labute approximate surface area is 93.5 Å². The second kappa shape index (κ2) is 5.14. The summed E-state index contributed by atoms with van der Waals surface area (Å²) in [6.07, 6.45) is -1.53. The molecule has 0 bridgehead atoms. The largest absolute Gasteiger partial charge is 0.392 e.